The molecule has 0 aliphatic heterocycles. The molecule has 0 spiro atoms. The Morgan fingerprint density at radius 1 is 0.700 bits per heavy atom. The normalized spacial score (nSPS) is 8.80. The van der Waals surface area contributed by atoms with Crippen molar-refractivity contribution >= 4 is 10.9 Å². The number of hydrogen-bond acceptors (Lipinski definition) is 0. The van der Waals surface area contributed by atoms with Gasteiger partial charge in [0.05, 0.1) is 0 Å². The molecular formula is C29H53N. The van der Waals surface area contributed by atoms with Gasteiger partial charge in [-0.2, -0.15) is 0 Å². The first-order valence-electron chi connectivity index (χ1n) is 10.5. The largest absolute Gasteiger partial charge is 0.350 e. The van der Waals surface area contributed by atoms with Crippen molar-refractivity contribution in [3.05, 3.63) is 71.4 Å². The van der Waals surface area contributed by atoms with E-state index in [0.717, 1.165) is 0 Å². The number of rotatable bonds is 2. The van der Waals surface area contributed by atoms with Gasteiger partial charge in [0.15, 0.2) is 0 Å². The predicted molar refractivity (Wildman–Crippen MR) is 145 cm³/mol. The lowest BCUT2D eigenvalue weighted by atomic mass is 10.0. The van der Waals surface area contributed by atoms with Crippen LogP contribution in [0.2, 0.25) is 0 Å². The Labute approximate surface area is 190 Å². The summed E-state index contributed by atoms with van der Waals surface area (Å²) in [5.41, 5.74) is 5.55. The molecule has 0 bridgehead atoms. The molecule has 3 rings (SSSR count). The van der Waals surface area contributed by atoms with Crippen molar-refractivity contribution < 1.29 is 0 Å². The van der Waals surface area contributed by atoms with Gasteiger partial charge in [-0.3, -0.25) is 0 Å². The summed E-state index contributed by atoms with van der Waals surface area (Å²) in [5, 5.41) is 1.39. The SMILES string of the molecule is C.C.C.CC.CC.CC(C)c1cn(C)c2ccccc12.Cc1cccc(C(C)C)c1. The van der Waals surface area contributed by atoms with Gasteiger partial charge in [-0.05, 0) is 36.0 Å². The molecule has 0 aliphatic rings. The smallest absolute Gasteiger partial charge is 0.0480 e. The van der Waals surface area contributed by atoms with Crippen LogP contribution in [0, 0.1) is 6.92 Å². The van der Waals surface area contributed by atoms with E-state index < -0.39 is 0 Å². The maximum Gasteiger partial charge on any atom is 0.0480 e. The molecule has 0 saturated carbocycles. The molecule has 1 heterocycles. The lowest BCUT2D eigenvalue weighted by molar-refractivity contribution is 0.857. The first-order valence-corrected chi connectivity index (χ1v) is 10.5. The molecule has 174 valence electrons. The Bertz CT molecular complexity index is 763. The van der Waals surface area contributed by atoms with E-state index >= 15 is 0 Å². The zero-order valence-electron chi connectivity index (χ0n) is 19.3. The van der Waals surface area contributed by atoms with Crippen LogP contribution in [-0.4, -0.2) is 4.57 Å². The van der Waals surface area contributed by atoms with Gasteiger partial charge in [0.25, 0.3) is 0 Å². The van der Waals surface area contributed by atoms with Gasteiger partial charge in [-0.1, -0.05) is 126 Å². The summed E-state index contributed by atoms with van der Waals surface area (Å²) in [6, 6.07) is 17.2. The number of aromatic nitrogens is 1. The summed E-state index contributed by atoms with van der Waals surface area (Å²) in [6.45, 7) is 19.0. The maximum atomic E-state index is 2.24. The highest BCUT2D eigenvalue weighted by Crippen LogP contribution is 2.26. The van der Waals surface area contributed by atoms with Crippen molar-refractivity contribution in [1.82, 2.24) is 4.57 Å². The Hall–Kier alpha value is -2.02. The second-order valence-corrected chi connectivity index (χ2v) is 6.94. The lowest BCUT2D eigenvalue weighted by Gasteiger charge is -2.04. The molecule has 0 radical (unpaired) electrons. The first kappa shape index (κ1) is 35.4. The van der Waals surface area contributed by atoms with Crippen molar-refractivity contribution in [1.29, 1.82) is 0 Å². The summed E-state index contributed by atoms with van der Waals surface area (Å²) in [6.07, 6.45) is 2.23. The van der Waals surface area contributed by atoms with Gasteiger partial charge < -0.3 is 4.57 Å². The molecule has 0 aliphatic carbocycles. The van der Waals surface area contributed by atoms with E-state index in [1.807, 2.05) is 27.7 Å². The van der Waals surface area contributed by atoms with Gasteiger partial charge >= 0.3 is 0 Å². The van der Waals surface area contributed by atoms with Crippen LogP contribution >= 0.6 is 0 Å². The molecule has 1 heteroatoms. The fraction of sp³-hybridized carbons (Fsp3) is 0.517. The quantitative estimate of drug-likeness (QED) is 0.392. The summed E-state index contributed by atoms with van der Waals surface area (Å²) in [7, 11) is 2.11. The van der Waals surface area contributed by atoms with Gasteiger partial charge in [0, 0.05) is 24.1 Å². The number of benzene rings is 2. The molecule has 0 saturated heterocycles. The molecule has 30 heavy (non-hydrogen) atoms. The Balaban J connectivity index is -0.000000181. The molecule has 0 unspecified atom stereocenters. The van der Waals surface area contributed by atoms with Crippen molar-refractivity contribution in [2.75, 3.05) is 0 Å². The van der Waals surface area contributed by atoms with Crippen LogP contribution in [0.5, 0.6) is 0 Å². The number of aryl methyl sites for hydroxylation is 2. The van der Waals surface area contributed by atoms with Crippen molar-refractivity contribution in [3.8, 4) is 0 Å². The highest BCUT2D eigenvalue weighted by molar-refractivity contribution is 5.84. The van der Waals surface area contributed by atoms with E-state index in [-0.39, 0.29) is 22.3 Å². The molecule has 0 fully saturated rings. The maximum absolute atomic E-state index is 2.24. The summed E-state index contributed by atoms with van der Waals surface area (Å²) >= 11 is 0. The molecule has 0 atom stereocenters. The average molecular weight is 416 g/mol. The molecule has 0 amide bonds. The highest BCUT2D eigenvalue weighted by Gasteiger charge is 2.07. The van der Waals surface area contributed by atoms with Gasteiger partial charge in [0.1, 0.15) is 0 Å². The van der Waals surface area contributed by atoms with Gasteiger partial charge in [-0.25, -0.2) is 0 Å². The number of nitrogens with zero attached hydrogens (tertiary/aromatic N) is 1. The monoisotopic (exact) mass is 415 g/mol. The van der Waals surface area contributed by atoms with Crippen molar-refractivity contribution in [2.45, 2.75) is 96.4 Å². The summed E-state index contributed by atoms with van der Waals surface area (Å²) in [4.78, 5) is 0. The second-order valence-electron chi connectivity index (χ2n) is 6.94. The Morgan fingerprint density at radius 2 is 1.23 bits per heavy atom. The molecular weight excluding hydrogens is 362 g/mol. The Kier molecular flexibility index (Phi) is 22.4. The fourth-order valence-corrected chi connectivity index (χ4v) is 2.86. The Morgan fingerprint density at radius 3 is 1.67 bits per heavy atom. The van der Waals surface area contributed by atoms with E-state index in [1.165, 1.54) is 27.6 Å². The standard InChI is InChI=1S/C12H15N.C10H14.2C2H6.3CH4/c1-9(2)11-8-13(3)12-7-5-4-6-10(11)12;1-8(2)10-6-4-5-9(3)7-10;2*1-2;;;/h4-9H,1-3H3;4-8H,1-3H3;2*1-2H3;3*1H4. The topological polar surface area (TPSA) is 4.93 Å². The summed E-state index contributed by atoms with van der Waals surface area (Å²) < 4.78 is 2.20. The van der Waals surface area contributed by atoms with Crippen molar-refractivity contribution in [3.63, 3.8) is 0 Å². The van der Waals surface area contributed by atoms with E-state index in [1.54, 1.807) is 0 Å². The zero-order valence-corrected chi connectivity index (χ0v) is 19.3. The highest BCUT2D eigenvalue weighted by atomic mass is 14.9. The molecule has 1 aromatic heterocycles. The van der Waals surface area contributed by atoms with Crippen LogP contribution in [0.25, 0.3) is 10.9 Å². The predicted octanol–water partition coefficient (Wildman–Crippen LogP) is 10.4. The minimum Gasteiger partial charge on any atom is -0.350 e. The van der Waals surface area contributed by atoms with Crippen LogP contribution in [0.1, 0.15) is 106 Å². The van der Waals surface area contributed by atoms with E-state index in [0.29, 0.717) is 11.8 Å². The number of hydrogen-bond donors (Lipinski definition) is 0. The average Bonchev–Trinajstić information content (AvgIpc) is 3.03. The number of fused-ring (bicyclic) bond motifs is 1. The summed E-state index contributed by atoms with van der Waals surface area (Å²) in [5.74, 6) is 1.26. The molecule has 1 nitrogen and oxygen atoms in total. The van der Waals surface area contributed by atoms with Crippen LogP contribution in [0.15, 0.2) is 54.7 Å². The first-order chi connectivity index (χ1) is 12.9. The third-order valence-corrected chi connectivity index (χ3v) is 4.26. The van der Waals surface area contributed by atoms with E-state index in [9.17, 15) is 0 Å². The third kappa shape index (κ3) is 10.7. The van der Waals surface area contributed by atoms with Crippen molar-refractivity contribution in [2.24, 2.45) is 7.05 Å². The third-order valence-electron chi connectivity index (χ3n) is 4.26. The van der Waals surface area contributed by atoms with Gasteiger partial charge in [-0.15, -0.1) is 0 Å². The molecule has 0 N–H and O–H groups in total. The van der Waals surface area contributed by atoms with E-state index in [4.69, 9.17) is 0 Å². The van der Waals surface area contributed by atoms with Crippen LogP contribution in [-0.2, 0) is 7.05 Å². The lowest BCUT2D eigenvalue weighted by Crippen LogP contribution is -1.86. The molecule has 2 aromatic carbocycles. The van der Waals surface area contributed by atoms with Crippen LogP contribution in [0.4, 0.5) is 0 Å². The van der Waals surface area contributed by atoms with Crippen LogP contribution in [0.3, 0.4) is 0 Å². The zero-order chi connectivity index (χ0) is 21.0. The second kappa shape index (κ2) is 19.0. The van der Waals surface area contributed by atoms with Crippen LogP contribution < -0.4 is 0 Å². The molecule has 3 aromatic rings. The van der Waals surface area contributed by atoms with Gasteiger partial charge in [0.2, 0.25) is 0 Å². The minimum absolute atomic E-state index is 0. The minimum atomic E-state index is 0. The van der Waals surface area contributed by atoms with E-state index in [2.05, 4.69) is 101 Å². The fourth-order valence-electron chi connectivity index (χ4n) is 2.86. The number of para-hydroxylation sites is 1.